The summed E-state index contributed by atoms with van der Waals surface area (Å²) in [6, 6.07) is 21.3. The van der Waals surface area contributed by atoms with Crippen molar-refractivity contribution in [3.63, 3.8) is 0 Å². The van der Waals surface area contributed by atoms with Crippen LogP contribution < -0.4 is 10.0 Å². The van der Waals surface area contributed by atoms with Crippen LogP contribution in [0.25, 0.3) is 0 Å². The summed E-state index contributed by atoms with van der Waals surface area (Å²) >= 11 is 0. The summed E-state index contributed by atoms with van der Waals surface area (Å²) in [7, 11) is -3.83. The average Bonchev–Trinajstić information content (AvgIpc) is 2.70. The average molecular weight is 409 g/mol. The van der Waals surface area contributed by atoms with Crippen LogP contribution in [0.15, 0.2) is 77.7 Å². The first-order chi connectivity index (χ1) is 13.8. The number of hydrogen-bond acceptors (Lipinski definition) is 3. The third-order valence-electron chi connectivity index (χ3n) is 4.78. The van der Waals surface area contributed by atoms with Gasteiger partial charge >= 0.3 is 0 Å². The Kier molecular flexibility index (Phi) is 6.03. The molecule has 0 aromatic heterocycles. The molecule has 0 unspecified atom stereocenters. The van der Waals surface area contributed by atoms with Crippen LogP contribution in [-0.4, -0.2) is 14.3 Å². The lowest BCUT2D eigenvalue weighted by molar-refractivity contribution is 0.0939. The first-order valence-electron chi connectivity index (χ1n) is 9.33. The Morgan fingerprint density at radius 2 is 1.52 bits per heavy atom. The Labute approximate surface area is 171 Å². The summed E-state index contributed by atoms with van der Waals surface area (Å²) in [6.07, 6.45) is 0. The lowest BCUT2D eigenvalue weighted by atomic mass is 10.1. The number of nitrogens with one attached hydrogen (secondary N) is 2. The van der Waals surface area contributed by atoms with Crippen LogP contribution in [0.1, 0.15) is 40.0 Å². The van der Waals surface area contributed by atoms with Gasteiger partial charge in [-0.15, -0.1) is 0 Å². The van der Waals surface area contributed by atoms with E-state index >= 15 is 0 Å². The quantitative estimate of drug-likeness (QED) is 0.626. The third-order valence-corrected chi connectivity index (χ3v) is 6.28. The molecule has 0 aliphatic heterocycles. The standard InChI is InChI=1S/C23H24N2O3S/c1-16-9-7-8-12-21(16)25-29(27,28)22-15-20(14-13-17(22)2)23(26)24-18(3)19-10-5-4-6-11-19/h4-15,18,25H,1-3H3,(H,24,26)/t18-/m1/s1. The molecule has 3 aromatic rings. The molecule has 0 saturated heterocycles. The predicted octanol–water partition coefficient (Wildman–Crippen LogP) is 4.60. The minimum absolute atomic E-state index is 0.0840. The zero-order valence-corrected chi connectivity index (χ0v) is 17.5. The number of para-hydroxylation sites is 1. The molecule has 0 spiro atoms. The highest BCUT2D eigenvalue weighted by Gasteiger charge is 2.20. The molecular formula is C23H24N2O3S. The van der Waals surface area contributed by atoms with E-state index in [9.17, 15) is 13.2 Å². The van der Waals surface area contributed by atoms with Gasteiger partial charge in [-0.1, -0.05) is 54.6 Å². The van der Waals surface area contributed by atoms with Gasteiger partial charge in [0.15, 0.2) is 0 Å². The summed E-state index contributed by atoms with van der Waals surface area (Å²) in [5.74, 6) is -0.325. The van der Waals surface area contributed by atoms with Crippen molar-refractivity contribution in [2.24, 2.45) is 0 Å². The second-order valence-electron chi connectivity index (χ2n) is 7.01. The highest BCUT2D eigenvalue weighted by Crippen LogP contribution is 2.23. The van der Waals surface area contributed by atoms with Crippen LogP contribution in [0.2, 0.25) is 0 Å². The number of anilines is 1. The Hall–Kier alpha value is -3.12. The highest BCUT2D eigenvalue weighted by molar-refractivity contribution is 7.92. The summed E-state index contributed by atoms with van der Waals surface area (Å²) in [5.41, 5.74) is 3.17. The van der Waals surface area contributed by atoms with Crippen molar-refractivity contribution in [1.29, 1.82) is 0 Å². The monoisotopic (exact) mass is 408 g/mol. The first-order valence-corrected chi connectivity index (χ1v) is 10.8. The Balaban J connectivity index is 1.85. The van der Waals surface area contributed by atoms with Crippen LogP contribution in [0, 0.1) is 13.8 Å². The Bertz CT molecular complexity index is 1130. The lowest BCUT2D eigenvalue weighted by Gasteiger charge is -2.16. The number of amides is 1. The largest absolute Gasteiger partial charge is 0.346 e. The van der Waals surface area contributed by atoms with Gasteiger partial charge in [-0.2, -0.15) is 0 Å². The molecule has 0 saturated carbocycles. The molecule has 29 heavy (non-hydrogen) atoms. The fourth-order valence-electron chi connectivity index (χ4n) is 3.02. The van der Waals surface area contributed by atoms with Gasteiger partial charge in [0.05, 0.1) is 16.6 Å². The molecule has 2 N–H and O–H groups in total. The molecule has 1 atom stereocenters. The van der Waals surface area contributed by atoms with E-state index in [0.29, 0.717) is 16.8 Å². The Morgan fingerprint density at radius 3 is 2.21 bits per heavy atom. The molecule has 5 nitrogen and oxygen atoms in total. The maximum atomic E-state index is 13.0. The van der Waals surface area contributed by atoms with Gasteiger partial charge < -0.3 is 5.32 Å². The number of carbonyl (C=O) groups is 1. The van der Waals surface area contributed by atoms with Crippen LogP contribution in [-0.2, 0) is 10.0 Å². The van der Waals surface area contributed by atoms with Crippen LogP contribution in [0.5, 0.6) is 0 Å². The molecule has 0 aliphatic carbocycles. The molecule has 0 aliphatic rings. The number of carbonyl (C=O) groups excluding carboxylic acids is 1. The topological polar surface area (TPSA) is 75.3 Å². The normalized spacial score (nSPS) is 12.2. The minimum atomic E-state index is -3.83. The fraction of sp³-hybridized carbons (Fsp3) is 0.174. The smallest absolute Gasteiger partial charge is 0.262 e. The van der Waals surface area contributed by atoms with Crippen molar-refractivity contribution in [1.82, 2.24) is 5.32 Å². The number of aryl methyl sites for hydroxylation is 2. The molecule has 0 bridgehead atoms. The predicted molar refractivity (Wildman–Crippen MR) is 115 cm³/mol. The van der Waals surface area contributed by atoms with E-state index in [1.54, 1.807) is 31.2 Å². The first kappa shape index (κ1) is 20.6. The van der Waals surface area contributed by atoms with E-state index in [1.165, 1.54) is 6.07 Å². The van der Waals surface area contributed by atoms with E-state index in [4.69, 9.17) is 0 Å². The minimum Gasteiger partial charge on any atom is -0.346 e. The van der Waals surface area contributed by atoms with E-state index in [-0.39, 0.29) is 16.8 Å². The molecule has 0 fully saturated rings. The number of hydrogen-bond donors (Lipinski definition) is 2. The Morgan fingerprint density at radius 1 is 0.862 bits per heavy atom. The van der Waals surface area contributed by atoms with Crippen molar-refractivity contribution in [3.05, 3.63) is 95.1 Å². The van der Waals surface area contributed by atoms with Crippen molar-refractivity contribution < 1.29 is 13.2 Å². The second kappa shape index (κ2) is 8.49. The van der Waals surface area contributed by atoms with Crippen molar-refractivity contribution in [3.8, 4) is 0 Å². The van der Waals surface area contributed by atoms with Gasteiger partial charge in [0.1, 0.15) is 0 Å². The van der Waals surface area contributed by atoms with Crippen molar-refractivity contribution in [2.75, 3.05) is 4.72 Å². The highest BCUT2D eigenvalue weighted by atomic mass is 32.2. The molecule has 3 rings (SSSR count). The molecule has 150 valence electrons. The lowest BCUT2D eigenvalue weighted by Crippen LogP contribution is -2.27. The van der Waals surface area contributed by atoms with E-state index in [2.05, 4.69) is 10.0 Å². The fourth-order valence-corrected chi connectivity index (χ4v) is 4.43. The van der Waals surface area contributed by atoms with E-state index in [1.807, 2.05) is 56.3 Å². The summed E-state index contributed by atoms with van der Waals surface area (Å²) < 4.78 is 28.5. The SMILES string of the molecule is Cc1ccccc1NS(=O)(=O)c1cc(C(=O)N[C@H](C)c2ccccc2)ccc1C. The van der Waals surface area contributed by atoms with Gasteiger partial charge in [0, 0.05) is 5.56 Å². The summed E-state index contributed by atoms with van der Waals surface area (Å²) in [6.45, 7) is 5.43. The van der Waals surface area contributed by atoms with Gasteiger partial charge in [-0.25, -0.2) is 8.42 Å². The third kappa shape index (κ3) is 4.84. The second-order valence-corrected chi connectivity index (χ2v) is 8.66. The van der Waals surface area contributed by atoms with Gasteiger partial charge in [0.2, 0.25) is 0 Å². The maximum Gasteiger partial charge on any atom is 0.262 e. The van der Waals surface area contributed by atoms with E-state index in [0.717, 1.165) is 11.1 Å². The summed E-state index contributed by atoms with van der Waals surface area (Å²) in [5, 5.41) is 2.92. The molecule has 0 radical (unpaired) electrons. The van der Waals surface area contributed by atoms with Gasteiger partial charge in [-0.3, -0.25) is 9.52 Å². The maximum absolute atomic E-state index is 13.0. The van der Waals surface area contributed by atoms with Crippen LogP contribution >= 0.6 is 0 Å². The summed E-state index contributed by atoms with van der Waals surface area (Å²) in [4.78, 5) is 12.8. The van der Waals surface area contributed by atoms with Crippen LogP contribution in [0.3, 0.4) is 0 Å². The molecular weight excluding hydrogens is 384 g/mol. The van der Waals surface area contributed by atoms with E-state index < -0.39 is 10.0 Å². The van der Waals surface area contributed by atoms with Crippen molar-refractivity contribution in [2.45, 2.75) is 31.7 Å². The number of benzene rings is 3. The number of rotatable bonds is 6. The van der Waals surface area contributed by atoms with Gasteiger partial charge in [-0.05, 0) is 55.7 Å². The molecule has 0 heterocycles. The van der Waals surface area contributed by atoms with Crippen molar-refractivity contribution >= 4 is 21.6 Å². The molecule has 6 heteroatoms. The number of sulfonamides is 1. The zero-order chi connectivity index (χ0) is 21.0. The zero-order valence-electron chi connectivity index (χ0n) is 16.6. The van der Waals surface area contributed by atoms with Crippen LogP contribution in [0.4, 0.5) is 5.69 Å². The van der Waals surface area contributed by atoms with Gasteiger partial charge in [0.25, 0.3) is 15.9 Å². The molecule has 3 aromatic carbocycles. The molecule has 1 amide bonds.